The van der Waals surface area contributed by atoms with E-state index in [1.165, 1.54) is 11.0 Å². The van der Waals surface area contributed by atoms with E-state index < -0.39 is 12.0 Å². The molecule has 2 aromatic rings. The van der Waals surface area contributed by atoms with Crippen molar-refractivity contribution in [3.05, 3.63) is 58.6 Å². The van der Waals surface area contributed by atoms with Crippen LogP contribution in [0.15, 0.2) is 48.5 Å². The van der Waals surface area contributed by atoms with Gasteiger partial charge in [-0.2, -0.15) is 0 Å². The molecule has 2 fully saturated rings. The molecule has 0 unspecified atom stereocenters. The summed E-state index contributed by atoms with van der Waals surface area (Å²) in [5, 5.41) is 2.41. The first-order valence-corrected chi connectivity index (χ1v) is 10.1. The summed E-state index contributed by atoms with van der Waals surface area (Å²) in [7, 11) is 0. The van der Waals surface area contributed by atoms with Gasteiger partial charge in [0.15, 0.2) is 6.10 Å². The standard InChI is InChI=1S/C21H20Cl2N2O3/c1-2-3-9-17-18-19(28-25(17)13-7-5-4-6-8-13)21(27)24(20(18)26)14-10-11-15(22)16(23)12-14/h4-8,10-12,17-19H,2-3,9H2,1H3/t17-,18+,19+/m0/s1. The number of hydroxylamine groups is 1. The highest BCUT2D eigenvalue weighted by atomic mass is 35.5. The van der Waals surface area contributed by atoms with Gasteiger partial charge in [-0.15, -0.1) is 0 Å². The minimum absolute atomic E-state index is 0.198. The number of halogens is 2. The largest absolute Gasteiger partial charge is 0.273 e. The van der Waals surface area contributed by atoms with E-state index in [0.717, 1.165) is 24.9 Å². The summed E-state index contributed by atoms with van der Waals surface area (Å²) in [5.41, 5.74) is 1.27. The van der Waals surface area contributed by atoms with Gasteiger partial charge < -0.3 is 0 Å². The lowest BCUT2D eigenvalue weighted by Gasteiger charge is -2.28. The monoisotopic (exact) mass is 418 g/mol. The van der Waals surface area contributed by atoms with Gasteiger partial charge in [-0.05, 0) is 36.8 Å². The van der Waals surface area contributed by atoms with Crippen molar-refractivity contribution < 1.29 is 14.4 Å². The van der Waals surface area contributed by atoms with Crippen molar-refractivity contribution in [2.45, 2.75) is 38.3 Å². The molecule has 3 atom stereocenters. The third kappa shape index (κ3) is 3.17. The Labute approximate surface area is 173 Å². The maximum atomic E-state index is 13.3. The van der Waals surface area contributed by atoms with Gasteiger partial charge in [0.05, 0.1) is 33.4 Å². The Morgan fingerprint density at radius 2 is 1.71 bits per heavy atom. The van der Waals surface area contributed by atoms with Gasteiger partial charge in [0.2, 0.25) is 5.91 Å². The summed E-state index contributed by atoms with van der Waals surface area (Å²) in [6.07, 6.45) is 1.87. The van der Waals surface area contributed by atoms with Crippen LogP contribution in [0.3, 0.4) is 0 Å². The normalized spacial score (nSPS) is 24.2. The predicted molar refractivity (Wildman–Crippen MR) is 110 cm³/mol. The van der Waals surface area contributed by atoms with Crippen LogP contribution in [0.5, 0.6) is 0 Å². The van der Waals surface area contributed by atoms with Crippen LogP contribution < -0.4 is 9.96 Å². The van der Waals surface area contributed by atoms with Crippen LogP contribution in [-0.4, -0.2) is 24.0 Å². The molecule has 7 heteroatoms. The molecular weight excluding hydrogens is 399 g/mol. The van der Waals surface area contributed by atoms with E-state index in [1.54, 1.807) is 17.2 Å². The van der Waals surface area contributed by atoms with E-state index in [9.17, 15) is 9.59 Å². The van der Waals surface area contributed by atoms with Gasteiger partial charge in [-0.25, -0.2) is 9.96 Å². The first-order chi connectivity index (χ1) is 13.5. The fourth-order valence-electron chi connectivity index (χ4n) is 3.91. The molecule has 2 amide bonds. The van der Waals surface area contributed by atoms with Crippen molar-refractivity contribution in [1.82, 2.24) is 0 Å². The summed E-state index contributed by atoms with van der Waals surface area (Å²) in [6, 6.07) is 14.1. The molecule has 0 N–H and O–H groups in total. The smallest absolute Gasteiger partial charge is 0.266 e. The molecule has 0 spiro atoms. The Morgan fingerprint density at radius 3 is 2.39 bits per heavy atom. The Bertz CT molecular complexity index is 906. The number of hydrogen-bond donors (Lipinski definition) is 0. The van der Waals surface area contributed by atoms with Gasteiger partial charge >= 0.3 is 0 Å². The molecule has 5 nitrogen and oxygen atoms in total. The lowest BCUT2D eigenvalue weighted by molar-refractivity contribution is -0.126. The number of carbonyl (C=O) groups is 2. The second-order valence-corrected chi connectivity index (χ2v) is 7.85. The van der Waals surface area contributed by atoms with Crippen LogP contribution in [0.1, 0.15) is 26.2 Å². The van der Waals surface area contributed by atoms with Crippen molar-refractivity contribution in [2.75, 3.05) is 9.96 Å². The summed E-state index contributed by atoms with van der Waals surface area (Å²) < 4.78 is 0. The van der Waals surface area contributed by atoms with Crippen LogP contribution in [-0.2, 0) is 14.4 Å². The minimum atomic E-state index is -0.830. The van der Waals surface area contributed by atoms with E-state index in [2.05, 4.69) is 6.92 Å². The van der Waals surface area contributed by atoms with Gasteiger partial charge in [-0.3, -0.25) is 14.4 Å². The number of amides is 2. The molecule has 0 saturated carbocycles. The maximum absolute atomic E-state index is 13.3. The molecule has 0 bridgehead atoms. The molecule has 0 aliphatic carbocycles. The Balaban J connectivity index is 1.68. The summed E-state index contributed by atoms with van der Waals surface area (Å²) >= 11 is 12.1. The highest BCUT2D eigenvalue weighted by molar-refractivity contribution is 6.42. The average molecular weight is 419 g/mol. The molecule has 2 aliphatic rings. The van der Waals surface area contributed by atoms with Crippen molar-refractivity contribution in [3.8, 4) is 0 Å². The zero-order valence-electron chi connectivity index (χ0n) is 15.3. The van der Waals surface area contributed by atoms with Crippen LogP contribution in [0, 0.1) is 5.92 Å². The molecule has 2 heterocycles. The second kappa shape index (κ2) is 7.74. The number of imide groups is 1. The SMILES string of the molecule is CCCC[C@H]1[C@H]2C(=O)N(c3ccc(Cl)c(Cl)c3)C(=O)[C@@H]2ON1c1ccccc1. The summed E-state index contributed by atoms with van der Waals surface area (Å²) in [6.45, 7) is 2.10. The van der Waals surface area contributed by atoms with Gasteiger partial charge in [0.1, 0.15) is 0 Å². The fourth-order valence-corrected chi connectivity index (χ4v) is 4.20. The number of anilines is 2. The van der Waals surface area contributed by atoms with Crippen LogP contribution in [0.4, 0.5) is 11.4 Å². The topological polar surface area (TPSA) is 49.9 Å². The molecule has 2 saturated heterocycles. The zero-order chi connectivity index (χ0) is 19.8. The number of fused-ring (bicyclic) bond motifs is 1. The molecule has 2 aliphatic heterocycles. The summed E-state index contributed by atoms with van der Waals surface area (Å²) in [5.74, 6) is -1.17. The quantitative estimate of drug-likeness (QED) is 0.650. The Kier molecular flexibility index (Phi) is 5.32. The van der Waals surface area contributed by atoms with E-state index in [1.807, 2.05) is 30.3 Å². The minimum Gasteiger partial charge on any atom is -0.273 e. The van der Waals surface area contributed by atoms with Gasteiger partial charge in [0.25, 0.3) is 5.91 Å². The number of rotatable bonds is 5. The van der Waals surface area contributed by atoms with E-state index in [-0.39, 0.29) is 17.9 Å². The van der Waals surface area contributed by atoms with Crippen molar-refractivity contribution >= 4 is 46.4 Å². The Hall–Kier alpha value is -2.08. The highest BCUT2D eigenvalue weighted by Gasteiger charge is 2.59. The number of benzene rings is 2. The van der Waals surface area contributed by atoms with Crippen molar-refractivity contribution in [3.63, 3.8) is 0 Å². The third-order valence-electron chi connectivity index (χ3n) is 5.26. The number of carbonyl (C=O) groups excluding carboxylic acids is 2. The van der Waals surface area contributed by atoms with Gasteiger partial charge in [0, 0.05) is 0 Å². The lowest BCUT2D eigenvalue weighted by Crippen LogP contribution is -2.40. The first-order valence-electron chi connectivity index (χ1n) is 9.37. The molecule has 0 radical (unpaired) electrons. The van der Waals surface area contributed by atoms with Crippen LogP contribution in [0.25, 0.3) is 0 Å². The van der Waals surface area contributed by atoms with Crippen molar-refractivity contribution in [1.29, 1.82) is 0 Å². The van der Waals surface area contributed by atoms with E-state index in [4.69, 9.17) is 28.0 Å². The second-order valence-electron chi connectivity index (χ2n) is 7.03. The lowest BCUT2D eigenvalue weighted by atomic mass is 9.92. The highest BCUT2D eigenvalue weighted by Crippen LogP contribution is 2.42. The predicted octanol–water partition coefficient (Wildman–Crippen LogP) is 4.86. The van der Waals surface area contributed by atoms with Gasteiger partial charge in [-0.1, -0.05) is 61.2 Å². The van der Waals surface area contributed by atoms with Crippen LogP contribution >= 0.6 is 23.2 Å². The molecule has 4 rings (SSSR count). The summed E-state index contributed by atoms with van der Waals surface area (Å²) in [4.78, 5) is 33.5. The fraction of sp³-hybridized carbons (Fsp3) is 0.333. The number of hydrogen-bond acceptors (Lipinski definition) is 4. The number of unbranched alkanes of at least 4 members (excludes halogenated alkanes) is 1. The zero-order valence-corrected chi connectivity index (χ0v) is 16.9. The average Bonchev–Trinajstić information content (AvgIpc) is 3.19. The molecule has 0 aromatic heterocycles. The maximum Gasteiger partial charge on any atom is 0.266 e. The first kappa shape index (κ1) is 19.2. The Morgan fingerprint density at radius 1 is 0.964 bits per heavy atom. The third-order valence-corrected chi connectivity index (χ3v) is 6.00. The van der Waals surface area contributed by atoms with E-state index in [0.29, 0.717) is 15.7 Å². The van der Waals surface area contributed by atoms with Crippen LogP contribution in [0.2, 0.25) is 10.0 Å². The van der Waals surface area contributed by atoms with E-state index >= 15 is 0 Å². The van der Waals surface area contributed by atoms with Crippen molar-refractivity contribution in [2.24, 2.45) is 5.92 Å². The number of para-hydroxylation sites is 1. The molecule has 2 aromatic carbocycles. The molecular formula is C21H20Cl2N2O3. The molecule has 28 heavy (non-hydrogen) atoms. The molecule has 146 valence electrons. The number of nitrogens with zero attached hydrogens (tertiary/aromatic N) is 2.